The molecule has 2 nitrogen and oxygen atoms in total. The van der Waals surface area contributed by atoms with E-state index in [4.69, 9.17) is 0 Å². The predicted octanol–water partition coefficient (Wildman–Crippen LogP) is 3.96. The molecule has 2 rings (SSSR count). The third-order valence-electron chi connectivity index (χ3n) is 2.30. The molecule has 0 saturated carbocycles. The Hall–Kier alpha value is -1.30. The van der Waals surface area contributed by atoms with Crippen LogP contribution in [0.15, 0.2) is 35.1 Å². The van der Waals surface area contributed by atoms with Crippen molar-refractivity contribution in [3.8, 4) is 5.82 Å². The van der Waals surface area contributed by atoms with Crippen LogP contribution in [0.1, 0.15) is 11.3 Å². The fourth-order valence-electron chi connectivity index (χ4n) is 1.57. The lowest BCUT2D eigenvalue weighted by Crippen LogP contribution is -2.12. The zero-order valence-electron chi connectivity index (χ0n) is 8.79. The average molecular weight is 305 g/mol. The Morgan fingerprint density at radius 2 is 2.06 bits per heavy atom. The number of hydrogen-bond acceptors (Lipinski definition) is 1. The van der Waals surface area contributed by atoms with Crippen molar-refractivity contribution in [3.63, 3.8) is 0 Å². The minimum atomic E-state index is -4.41. The standard InChI is InChI=1S/C11H8BrF3N2/c1-7-5-8(12)6-17(7)10-9(11(13,14)15)3-2-4-16-10/h2-6H,1H3. The number of rotatable bonds is 1. The summed E-state index contributed by atoms with van der Waals surface area (Å²) < 4.78 is 40.5. The van der Waals surface area contributed by atoms with Gasteiger partial charge in [-0.05, 0) is 41.1 Å². The molecule has 0 radical (unpaired) electrons. The van der Waals surface area contributed by atoms with Crippen molar-refractivity contribution < 1.29 is 13.2 Å². The minimum Gasteiger partial charge on any atom is -0.304 e. The molecule has 17 heavy (non-hydrogen) atoms. The lowest BCUT2D eigenvalue weighted by molar-refractivity contribution is -0.137. The van der Waals surface area contributed by atoms with Crippen molar-refractivity contribution in [1.82, 2.24) is 9.55 Å². The second kappa shape index (κ2) is 4.18. The first-order valence-corrected chi connectivity index (χ1v) is 5.56. The van der Waals surface area contributed by atoms with Gasteiger partial charge < -0.3 is 4.57 Å². The SMILES string of the molecule is Cc1cc(Br)cn1-c1ncccc1C(F)(F)F. The van der Waals surface area contributed by atoms with Gasteiger partial charge in [0.1, 0.15) is 5.82 Å². The molecule has 0 aliphatic carbocycles. The van der Waals surface area contributed by atoms with Crippen LogP contribution in [0, 0.1) is 6.92 Å². The first-order chi connectivity index (χ1) is 7.89. The van der Waals surface area contributed by atoms with Crippen molar-refractivity contribution in [2.75, 3.05) is 0 Å². The van der Waals surface area contributed by atoms with Gasteiger partial charge in [0.15, 0.2) is 0 Å². The normalized spacial score (nSPS) is 11.8. The van der Waals surface area contributed by atoms with E-state index in [1.807, 2.05) is 0 Å². The molecule has 6 heteroatoms. The number of aromatic nitrogens is 2. The van der Waals surface area contributed by atoms with Gasteiger partial charge in [-0.15, -0.1) is 0 Å². The van der Waals surface area contributed by atoms with E-state index >= 15 is 0 Å². The zero-order chi connectivity index (χ0) is 12.6. The molecule has 0 unspecified atom stereocenters. The molecule has 2 heterocycles. The van der Waals surface area contributed by atoms with Crippen LogP contribution in [0.2, 0.25) is 0 Å². The Bertz CT molecular complexity index is 546. The maximum absolute atomic E-state index is 12.8. The van der Waals surface area contributed by atoms with Crippen molar-refractivity contribution in [3.05, 3.63) is 46.3 Å². The number of halogens is 4. The number of aryl methyl sites for hydroxylation is 1. The second-order valence-electron chi connectivity index (χ2n) is 3.54. The van der Waals surface area contributed by atoms with Crippen LogP contribution in [0.4, 0.5) is 13.2 Å². The topological polar surface area (TPSA) is 17.8 Å². The van der Waals surface area contributed by atoms with Crippen LogP contribution in [0.25, 0.3) is 5.82 Å². The van der Waals surface area contributed by atoms with Gasteiger partial charge in [-0.1, -0.05) is 0 Å². The fourth-order valence-corrected chi connectivity index (χ4v) is 2.11. The van der Waals surface area contributed by atoms with Crippen LogP contribution >= 0.6 is 15.9 Å². The highest BCUT2D eigenvalue weighted by Gasteiger charge is 2.34. The maximum Gasteiger partial charge on any atom is 0.419 e. The molecular weight excluding hydrogens is 297 g/mol. The molecule has 0 bridgehead atoms. The van der Waals surface area contributed by atoms with Crippen LogP contribution < -0.4 is 0 Å². The lowest BCUT2D eigenvalue weighted by Gasteiger charge is -2.13. The molecule has 0 atom stereocenters. The number of nitrogens with zero attached hydrogens (tertiary/aromatic N) is 2. The summed E-state index contributed by atoms with van der Waals surface area (Å²) >= 11 is 3.23. The smallest absolute Gasteiger partial charge is 0.304 e. The molecule has 0 saturated heterocycles. The Balaban J connectivity index is 2.64. The predicted molar refractivity (Wildman–Crippen MR) is 61.0 cm³/mol. The summed E-state index contributed by atoms with van der Waals surface area (Å²) in [6.45, 7) is 1.72. The summed E-state index contributed by atoms with van der Waals surface area (Å²) in [6, 6.07) is 4.03. The molecule has 0 N–H and O–H groups in total. The summed E-state index contributed by atoms with van der Waals surface area (Å²) in [6.07, 6.45) is -1.50. The van der Waals surface area contributed by atoms with E-state index in [0.717, 1.165) is 6.07 Å². The van der Waals surface area contributed by atoms with E-state index < -0.39 is 11.7 Å². The van der Waals surface area contributed by atoms with E-state index in [9.17, 15) is 13.2 Å². The summed E-state index contributed by atoms with van der Waals surface area (Å²) in [5.41, 5.74) is -0.0627. The molecule has 0 aliphatic rings. The monoisotopic (exact) mass is 304 g/mol. The molecule has 90 valence electrons. The van der Waals surface area contributed by atoms with Crippen molar-refractivity contribution in [2.45, 2.75) is 13.1 Å². The van der Waals surface area contributed by atoms with E-state index in [1.54, 1.807) is 19.2 Å². The molecular formula is C11H8BrF3N2. The maximum atomic E-state index is 12.8. The molecule has 2 aromatic rings. The summed E-state index contributed by atoms with van der Waals surface area (Å²) in [5, 5.41) is 0. The Labute approximate surface area is 104 Å². The second-order valence-corrected chi connectivity index (χ2v) is 4.46. The van der Waals surface area contributed by atoms with Gasteiger partial charge in [0, 0.05) is 22.6 Å². The van der Waals surface area contributed by atoms with Gasteiger partial charge in [0.25, 0.3) is 0 Å². The van der Waals surface area contributed by atoms with Crippen molar-refractivity contribution >= 4 is 15.9 Å². The van der Waals surface area contributed by atoms with Gasteiger partial charge in [-0.3, -0.25) is 0 Å². The van der Waals surface area contributed by atoms with E-state index in [2.05, 4.69) is 20.9 Å². The van der Waals surface area contributed by atoms with Crippen molar-refractivity contribution in [2.24, 2.45) is 0 Å². The van der Waals surface area contributed by atoms with Gasteiger partial charge in [0.2, 0.25) is 0 Å². The van der Waals surface area contributed by atoms with Crippen molar-refractivity contribution in [1.29, 1.82) is 0 Å². The van der Waals surface area contributed by atoms with E-state index in [0.29, 0.717) is 10.2 Å². The Kier molecular flexibility index (Phi) is 2.99. The zero-order valence-corrected chi connectivity index (χ0v) is 10.4. The summed E-state index contributed by atoms with van der Waals surface area (Å²) in [7, 11) is 0. The third kappa shape index (κ3) is 2.36. The first kappa shape index (κ1) is 12.2. The van der Waals surface area contributed by atoms with E-state index in [1.165, 1.54) is 16.8 Å². The lowest BCUT2D eigenvalue weighted by atomic mass is 10.2. The summed E-state index contributed by atoms with van der Waals surface area (Å²) in [5.74, 6) is -0.108. The molecule has 0 amide bonds. The molecule has 2 aromatic heterocycles. The van der Waals surface area contributed by atoms with Gasteiger partial charge in [-0.2, -0.15) is 13.2 Å². The first-order valence-electron chi connectivity index (χ1n) is 4.76. The molecule has 0 spiro atoms. The fraction of sp³-hybridized carbons (Fsp3) is 0.182. The molecule has 0 fully saturated rings. The highest BCUT2D eigenvalue weighted by Crippen LogP contribution is 2.33. The van der Waals surface area contributed by atoms with Crippen LogP contribution in [-0.4, -0.2) is 9.55 Å². The molecule has 0 aliphatic heterocycles. The van der Waals surface area contributed by atoms with Crippen LogP contribution in [-0.2, 0) is 6.18 Å². The van der Waals surface area contributed by atoms with Crippen LogP contribution in [0.3, 0.4) is 0 Å². The van der Waals surface area contributed by atoms with Gasteiger partial charge >= 0.3 is 6.18 Å². The number of alkyl halides is 3. The summed E-state index contributed by atoms with van der Waals surface area (Å²) in [4.78, 5) is 3.81. The van der Waals surface area contributed by atoms with Gasteiger partial charge in [0.05, 0.1) is 5.56 Å². The quantitative estimate of drug-likeness (QED) is 0.780. The number of hydrogen-bond donors (Lipinski definition) is 0. The largest absolute Gasteiger partial charge is 0.419 e. The third-order valence-corrected chi connectivity index (χ3v) is 2.73. The highest BCUT2D eigenvalue weighted by molar-refractivity contribution is 9.10. The highest BCUT2D eigenvalue weighted by atomic mass is 79.9. The average Bonchev–Trinajstić information content (AvgIpc) is 2.56. The van der Waals surface area contributed by atoms with Gasteiger partial charge in [-0.25, -0.2) is 4.98 Å². The van der Waals surface area contributed by atoms with Crippen LogP contribution in [0.5, 0.6) is 0 Å². The molecule has 0 aromatic carbocycles. The Morgan fingerprint density at radius 3 is 2.59 bits per heavy atom. The Morgan fingerprint density at radius 1 is 1.35 bits per heavy atom. The number of pyridine rings is 1. The minimum absolute atomic E-state index is 0.108. The van der Waals surface area contributed by atoms with E-state index in [-0.39, 0.29) is 5.82 Å².